The van der Waals surface area contributed by atoms with Crippen LogP contribution < -0.4 is 24.9 Å². The molecule has 3 heterocycles. The lowest BCUT2D eigenvalue weighted by atomic mass is 9.94. The number of amides is 1. The second kappa shape index (κ2) is 12.5. The van der Waals surface area contributed by atoms with Crippen molar-refractivity contribution in [1.29, 1.82) is 0 Å². The quantitative estimate of drug-likeness (QED) is 0.243. The topological polar surface area (TPSA) is 124 Å². The number of nitrogens with zero attached hydrogens (tertiary/aromatic N) is 3. The monoisotopic (exact) mass is 636 g/mol. The molecule has 0 aliphatic carbocycles. The molecule has 0 bridgehead atoms. The number of ether oxygens (including phenoxy) is 2. The van der Waals surface area contributed by atoms with E-state index in [1.54, 1.807) is 38.1 Å². The van der Waals surface area contributed by atoms with Crippen molar-refractivity contribution in [3.05, 3.63) is 121 Å². The first-order valence-electron chi connectivity index (χ1n) is 14.7. The highest BCUT2D eigenvalue weighted by Gasteiger charge is 2.33. The van der Waals surface area contributed by atoms with Crippen molar-refractivity contribution in [3.63, 3.8) is 0 Å². The zero-order chi connectivity index (χ0) is 32.5. The molecule has 6 rings (SSSR count). The fraction of sp³-hybridized carbons (Fsp3) is 0.200. The van der Waals surface area contributed by atoms with E-state index in [-0.39, 0.29) is 41.8 Å². The summed E-state index contributed by atoms with van der Waals surface area (Å²) in [6.45, 7) is 5.74. The van der Waals surface area contributed by atoms with Gasteiger partial charge in [0.05, 0.1) is 35.6 Å². The van der Waals surface area contributed by atoms with Gasteiger partial charge in [-0.2, -0.15) is 0 Å². The summed E-state index contributed by atoms with van der Waals surface area (Å²) in [6.07, 6.45) is 1.82. The molecule has 10 nitrogen and oxygen atoms in total. The molecule has 1 aliphatic heterocycles. The first-order chi connectivity index (χ1) is 22.2. The number of phenols is 1. The molecule has 0 spiro atoms. The molecule has 1 aliphatic rings. The summed E-state index contributed by atoms with van der Waals surface area (Å²) in [4.78, 5) is 45.8. The highest BCUT2D eigenvalue weighted by atomic mass is 32.1. The Kier molecular flexibility index (Phi) is 8.33. The van der Waals surface area contributed by atoms with E-state index in [4.69, 9.17) is 14.5 Å². The summed E-state index contributed by atoms with van der Waals surface area (Å²) in [7, 11) is 1.44. The molecule has 11 heteroatoms. The van der Waals surface area contributed by atoms with Crippen molar-refractivity contribution >= 4 is 45.9 Å². The zero-order valence-electron chi connectivity index (χ0n) is 25.7. The smallest absolute Gasteiger partial charge is 0.325 e. The van der Waals surface area contributed by atoms with Gasteiger partial charge in [0.2, 0.25) is 0 Å². The van der Waals surface area contributed by atoms with E-state index < -0.39 is 11.9 Å². The number of benzene rings is 3. The van der Waals surface area contributed by atoms with Crippen LogP contribution in [-0.4, -0.2) is 39.8 Å². The average molecular weight is 637 g/mol. The van der Waals surface area contributed by atoms with Crippen LogP contribution in [0, 0.1) is 6.92 Å². The van der Waals surface area contributed by atoms with Gasteiger partial charge in [-0.3, -0.25) is 19.0 Å². The van der Waals surface area contributed by atoms with Crippen LogP contribution in [0.2, 0.25) is 0 Å². The Balaban J connectivity index is 1.54. The maximum Gasteiger partial charge on any atom is 0.325 e. The van der Waals surface area contributed by atoms with Crippen LogP contribution in [0.4, 0.5) is 5.69 Å². The minimum atomic E-state index is -0.858. The molecular formula is C35H32N4O6S. The Hall–Kier alpha value is -5.42. The lowest BCUT2D eigenvalue weighted by molar-refractivity contribution is -0.143. The van der Waals surface area contributed by atoms with Gasteiger partial charge in [-0.15, -0.1) is 0 Å². The molecule has 0 fully saturated rings. The maximum absolute atomic E-state index is 14.3. The Morgan fingerprint density at radius 3 is 2.54 bits per heavy atom. The molecule has 234 valence electrons. The largest absolute Gasteiger partial charge is 0.504 e. The summed E-state index contributed by atoms with van der Waals surface area (Å²) in [6, 6.07) is 20.7. The summed E-state index contributed by atoms with van der Waals surface area (Å²) < 4.78 is 14.4. The van der Waals surface area contributed by atoms with Crippen LogP contribution in [0.15, 0.2) is 93.9 Å². The third-order valence-electron chi connectivity index (χ3n) is 7.97. The molecule has 0 saturated carbocycles. The van der Waals surface area contributed by atoms with Gasteiger partial charge in [-0.25, -0.2) is 4.99 Å². The molecular weight excluding hydrogens is 604 g/mol. The van der Waals surface area contributed by atoms with Gasteiger partial charge < -0.3 is 24.5 Å². The molecule has 0 radical (unpaired) electrons. The molecule has 1 atom stereocenters. The van der Waals surface area contributed by atoms with Crippen molar-refractivity contribution in [1.82, 2.24) is 9.13 Å². The van der Waals surface area contributed by atoms with E-state index >= 15 is 0 Å². The first kappa shape index (κ1) is 30.6. The van der Waals surface area contributed by atoms with Gasteiger partial charge in [0.1, 0.15) is 6.54 Å². The number of carbonyl (C=O) groups excluding carboxylic acids is 2. The predicted molar refractivity (Wildman–Crippen MR) is 177 cm³/mol. The molecule has 3 aromatic carbocycles. The van der Waals surface area contributed by atoms with Crippen LogP contribution in [0.5, 0.6) is 11.5 Å². The number of aromatic hydroxyl groups is 1. The van der Waals surface area contributed by atoms with Crippen molar-refractivity contribution in [2.24, 2.45) is 4.99 Å². The van der Waals surface area contributed by atoms with E-state index in [2.05, 4.69) is 5.32 Å². The number of phenolic OH excluding ortho intramolecular Hbond substituents is 1. The van der Waals surface area contributed by atoms with Crippen LogP contribution in [-0.2, 0) is 20.9 Å². The van der Waals surface area contributed by atoms with Gasteiger partial charge >= 0.3 is 5.97 Å². The van der Waals surface area contributed by atoms with E-state index in [0.717, 1.165) is 22.2 Å². The van der Waals surface area contributed by atoms with Gasteiger partial charge in [0.15, 0.2) is 16.3 Å². The number of allylic oxidation sites excluding steroid dienone is 1. The summed E-state index contributed by atoms with van der Waals surface area (Å²) in [5.41, 5.74) is 4.03. The summed E-state index contributed by atoms with van der Waals surface area (Å²) >= 11 is 1.22. The Morgan fingerprint density at radius 1 is 1.07 bits per heavy atom. The van der Waals surface area contributed by atoms with Gasteiger partial charge in [-0.05, 0) is 62.7 Å². The van der Waals surface area contributed by atoms with Gasteiger partial charge in [0, 0.05) is 27.8 Å². The van der Waals surface area contributed by atoms with E-state index in [1.165, 1.54) is 29.1 Å². The lowest BCUT2D eigenvalue weighted by Crippen LogP contribution is -2.40. The van der Waals surface area contributed by atoms with E-state index in [0.29, 0.717) is 26.3 Å². The van der Waals surface area contributed by atoms with Crippen LogP contribution in [0.1, 0.15) is 36.7 Å². The van der Waals surface area contributed by atoms with Crippen molar-refractivity contribution in [2.75, 3.05) is 19.0 Å². The Labute approximate surface area is 268 Å². The summed E-state index contributed by atoms with van der Waals surface area (Å²) in [5, 5.41) is 14.2. The zero-order valence-corrected chi connectivity index (χ0v) is 26.6. The van der Waals surface area contributed by atoms with Crippen molar-refractivity contribution < 1.29 is 24.2 Å². The Morgan fingerprint density at radius 2 is 1.80 bits per heavy atom. The second-order valence-corrected chi connectivity index (χ2v) is 11.7. The highest BCUT2D eigenvalue weighted by molar-refractivity contribution is 7.07. The molecule has 0 unspecified atom stereocenters. The number of fused-ring (bicyclic) bond motifs is 2. The molecule has 46 heavy (non-hydrogen) atoms. The maximum atomic E-state index is 14.3. The number of carbonyl (C=O) groups is 2. The number of thiazole rings is 1. The highest BCUT2D eigenvalue weighted by Crippen LogP contribution is 2.36. The normalized spacial score (nSPS) is 14.6. The number of para-hydroxylation sites is 2. The number of esters is 1. The van der Waals surface area contributed by atoms with E-state index in [1.807, 2.05) is 60.0 Å². The Bertz CT molecular complexity index is 2210. The van der Waals surface area contributed by atoms with Crippen molar-refractivity contribution in [3.8, 4) is 11.5 Å². The molecule has 0 saturated heterocycles. The van der Waals surface area contributed by atoms with Crippen molar-refractivity contribution in [2.45, 2.75) is 33.4 Å². The minimum Gasteiger partial charge on any atom is -0.504 e. The van der Waals surface area contributed by atoms with Crippen LogP contribution in [0.3, 0.4) is 0 Å². The van der Waals surface area contributed by atoms with Gasteiger partial charge in [-0.1, -0.05) is 53.8 Å². The van der Waals surface area contributed by atoms with Gasteiger partial charge in [0.25, 0.3) is 11.5 Å². The number of nitrogens with one attached hydrogen (secondary N) is 1. The third-order valence-corrected chi connectivity index (χ3v) is 8.95. The number of aromatic nitrogens is 2. The third kappa shape index (κ3) is 5.49. The van der Waals surface area contributed by atoms with E-state index in [9.17, 15) is 19.5 Å². The fourth-order valence-electron chi connectivity index (χ4n) is 5.82. The number of rotatable bonds is 8. The molecule has 2 aromatic heterocycles. The number of hydrogen-bond acceptors (Lipinski definition) is 8. The first-order valence-corrected chi connectivity index (χ1v) is 15.5. The molecule has 1 amide bonds. The number of anilines is 1. The lowest BCUT2D eigenvalue weighted by Gasteiger charge is -2.25. The SMILES string of the molecule is CCOC(=O)Cn1c(C)c(/C=c2\sc3n(c2=O)[C@@H](c2ccc(O)c(OC)c2)C(C(=O)Nc2ccccc2)=C(C)N=3)c2ccccc21. The summed E-state index contributed by atoms with van der Waals surface area (Å²) in [5.74, 6) is -0.610. The van der Waals surface area contributed by atoms with Crippen LogP contribution >= 0.6 is 11.3 Å². The molecule has 2 N–H and O–H groups in total. The number of hydrogen-bond donors (Lipinski definition) is 2. The average Bonchev–Trinajstić information content (AvgIpc) is 3.49. The molecule has 5 aromatic rings. The predicted octanol–water partition coefficient (Wildman–Crippen LogP) is 4.41. The number of methoxy groups -OCH3 is 1. The standard InChI is InChI=1S/C35H32N4O6S/c1-5-45-30(41)19-38-21(3)25(24-13-9-10-14-26(24)38)18-29-34(43)39-32(22-15-16-27(40)28(17-22)44-4)31(20(2)36-35(39)46-29)33(42)37-23-11-7-6-8-12-23/h6-18,32,40H,5,19H2,1-4H3,(H,37,42)/b29-18-/t32-/m0/s1. The minimum absolute atomic E-state index is 0.0387. The fourth-order valence-corrected chi connectivity index (χ4v) is 6.85. The van der Waals surface area contributed by atoms with Crippen LogP contribution in [0.25, 0.3) is 17.0 Å². The second-order valence-electron chi connectivity index (χ2n) is 10.7.